The number of amides is 4. The van der Waals surface area contributed by atoms with Crippen LogP contribution >= 0.6 is 0 Å². The van der Waals surface area contributed by atoms with Crippen LogP contribution in [-0.4, -0.2) is 108 Å². The number of oxazole rings is 1. The van der Waals surface area contributed by atoms with Gasteiger partial charge in [0.25, 0.3) is 18.2 Å². The topological polar surface area (TPSA) is 192 Å². The maximum absolute atomic E-state index is 14.2. The number of nitrogens with zero attached hydrogens (tertiary/aromatic N) is 8. The number of hydrogen-bond acceptors (Lipinski definition) is 11. The average molecular weight is 905 g/mol. The highest BCUT2D eigenvalue weighted by atomic mass is 19.3. The zero-order valence-electron chi connectivity index (χ0n) is 36.6. The first-order chi connectivity index (χ1) is 31.9. The summed E-state index contributed by atoms with van der Waals surface area (Å²) in [6.07, 6.45) is 7.40. The Morgan fingerprint density at radius 3 is 2.61 bits per heavy atom. The smallest absolute Gasteiger partial charge is 0.329 e. The summed E-state index contributed by atoms with van der Waals surface area (Å²) in [5.74, 6) is -0.811. The first kappa shape index (κ1) is 44.3. The van der Waals surface area contributed by atoms with Gasteiger partial charge in [-0.3, -0.25) is 43.5 Å². The maximum atomic E-state index is 14.2. The van der Waals surface area contributed by atoms with Crippen LogP contribution in [0.3, 0.4) is 0 Å². The van der Waals surface area contributed by atoms with E-state index in [1.807, 2.05) is 24.3 Å². The van der Waals surface area contributed by atoms with Crippen LogP contribution in [-0.2, 0) is 34.2 Å². The number of ether oxygens (including phenoxy) is 1. The molecule has 3 fully saturated rings. The fraction of sp³-hybridized carbons (Fsp3) is 0.404. The summed E-state index contributed by atoms with van der Waals surface area (Å²) in [5, 5.41) is 8.88. The highest BCUT2D eigenvalue weighted by Crippen LogP contribution is 2.34. The van der Waals surface area contributed by atoms with E-state index in [0.29, 0.717) is 42.0 Å². The molecule has 6 heterocycles. The minimum atomic E-state index is -2.99. The molecule has 2 atom stereocenters. The van der Waals surface area contributed by atoms with Gasteiger partial charge in [-0.1, -0.05) is 18.9 Å². The summed E-state index contributed by atoms with van der Waals surface area (Å²) < 4.78 is 44.2. The number of aryl methyl sites for hydroxylation is 3. The third kappa shape index (κ3) is 9.72. The zero-order chi connectivity index (χ0) is 46.1. The molecule has 2 aliphatic heterocycles. The van der Waals surface area contributed by atoms with Crippen LogP contribution in [0.5, 0.6) is 0 Å². The van der Waals surface area contributed by atoms with Gasteiger partial charge >= 0.3 is 5.69 Å². The second-order valence-electron chi connectivity index (χ2n) is 17.3. The molecule has 1 saturated carbocycles. The van der Waals surface area contributed by atoms with E-state index < -0.39 is 30.0 Å². The molecule has 17 nitrogen and oxygen atoms in total. The number of carbonyl (C=O) groups is 4. The van der Waals surface area contributed by atoms with Crippen LogP contribution < -0.4 is 16.3 Å². The molecule has 0 bridgehead atoms. The number of imidazole rings is 1. The Labute approximate surface area is 377 Å². The second-order valence-corrected chi connectivity index (χ2v) is 17.3. The first-order valence-electron chi connectivity index (χ1n) is 22.2. The van der Waals surface area contributed by atoms with E-state index >= 15 is 0 Å². The van der Waals surface area contributed by atoms with Crippen molar-refractivity contribution in [3.63, 3.8) is 0 Å². The molecule has 4 amide bonds. The molecule has 9 rings (SSSR count). The summed E-state index contributed by atoms with van der Waals surface area (Å²) in [5.41, 5.74) is 3.57. The van der Waals surface area contributed by atoms with Gasteiger partial charge in [0.15, 0.2) is 11.4 Å². The number of fused-ring (bicyclic) bond motifs is 1. The highest BCUT2D eigenvalue weighted by Gasteiger charge is 2.32. The summed E-state index contributed by atoms with van der Waals surface area (Å²) in [6, 6.07) is 15.1. The standard InChI is InChI=1S/C47H50F2N10O7/c1-55(24-34-25-57(20-21-65-34)19-3-4-29-8-14-37-39(22-29)56(2)47(64)59(37)38-15-16-40(60)53-44(38)62)46(63)30-9-12-33(13-10-30)58-26-35(41(54-58)42(48)49)51-43(61)36-27-66-45(52-36)31-17-18-50-32(23-31)11-7-28-5-6-28/h8-10,12-14,17-18,22-23,26-28,34,38,42H,3-7,11,15-16,19-21,24-25H2,1-2H3,(H,51,61)(H,53,60,62)/t34-,38?/m1/s1. The molecule has 4 aromatic heterocycles. The number of benzene rings is 2. The number of imide groups is 1. The Kier molecular flexibility index (Phi) is 12.7. The molecule has 19 heteroatoms. The summed E-state index contributed by atoms with van der Waals surface area (Å²) in [4.78, 5) is 76.7. The predicted molar refractivity (Wildman–Crippen MR) is 237 cm³/mol. The number of hydrogen-bond donors (Lipinski definition) is 2. The Morgan fingerprint density at radius 1 is 1.02 bits per heavy atom. The Morgan fingerprint density at radius 2 is 1.83 bits per heavy atom. The fourth-order valence-corrected chi connectivity index (χ4v) is 8.74. The number of rotatable bonds is 16. The molecule has 2 N–H and O–H groups in total. The highest BCUT2D eigenvalue weighted by molar-refractivity contribution is 6.03. The molecule has 6 aromatic rings. The lowest BCUT2D eigenvalue weighted by molar-refractivity contribution is -0.135. The number of likely N-dealkylation sites (N-methyl/N-ethyl adjacent to an activating group) is 1. The normalized spacial score (nSPS) is 18.0. The van der Waals surface area contributed by atoms with Crippen LogP contribution in [0.1, 0.15) is 88.8 Å². The fourth-order valence-electron chi connectivity index (χ4n) is 8.74. The number of morpholine rings is 1. The first-order valence-corrected chi connectivity index (χ1v) is 22.2. The molecule has 1 unspecified atom stereocenters. The number of carbonyl (C=O) groups excluding carboxylic acids is 4. The summed E-state index contributed by atoms with van der Waals surface area (Å²) >= 11 is 0. The van der Waals surface area contributed by atoms with E-state index in [4.69, 9.17) is 9.15 Å². The molecular formula is C47H50F2N10O7. The Balaban J connectivity index is 0.769. The Bertz CT molecular complexity index is 2850. The molecule has 0 radical (unpaired) electrons. The quantitative estimate of drug-likeness (QED) is 0.117. The zero-order valence-corrected chi connectivity index (χ0v) is 36.6. The van der Waals surface area contributed by atoms with E-state index in [2.05, 4.69) is 30.6 Å². The third-order valence-corrected chi connectivity index (χ3v) is 12.5. The van der Waals surface area contributed by atoms with Crippen molar-refractivity contribution in [1.29, 1.82) is 0 Å². The van der Waals surface area contributed by atoms with Crippen molar-refractivity contribution in [1.82, 2.24) is 44.0 Å². The van der Waals surface area contributed by atoms with Gasteiger partial charge in [0.2, 0.25) is 17.7 Å². The van der Waals surface area contributed by atoms with Gasteiger partial charge in [-0.2, -0.15) is 5.10 Å². The summed E-state index contributed by atoms with van der Waals surface area (Å²) in [7, 11) is 3.39. The SMILES string of the molecule is CN(C[C@@H]1CN(CCCc2ccc3c(c2)n(C)c(=O)n3C2CCC(=O)NC2=O)CCO1)C(=O)c1ccc(-n2cc(NC(=O)c3coc(-c4ccnc(CCC5CC5)c4)n3)c(C(F)F)n2)cc1. The molecular weight excluding hydrogens is 855 g/mol. The lowest BCUT2D eigenvalue weighted by atomic mass is 10.0. The van der Waals surface area contributed by atoms with Crippen LogP contribution in [0, 0.1) is 5.92 Å². The van der Waals surface area contributed by atoms with E-state index in [0.717, 1.165) is 61.5 Å². The van der Waals surface area contributed by atoms with E-state index in [1.165, 1.54) is 39.1 Å². The van der Waals surface area contributed by atoms with Gasteiger partial charge in [-0.15, -0.1) is 0 Å². The number of halogens is 2. The van der Waals surface area contributed by atoms with Crippen molar-refractivity contribution < 1.29 is 37.1 Å². The number of piperidine rings is 1. The molecule has 2 aromatic carbocycles. The summed E-state index contributed by atoms with van der Waals surface area (Å²) in [6.45, 7) is 3.05. The van der Waals surface area contributed by atoms with Crippen LogP contribution in [0.25, 0.3) is 28.2 Å². The number of alkyl halides is 2. The van der Waals surface area contributed by atoms with Gasteiger partial charge in [0, 0.05) is 63.2 Å². The van der Waals surface area contributed by atoms with Crippen molar-refractivity contribution in [2.24, 2.45) is 13.0 Å². The number of pyridine rings is 1. The monoisotopic (exact) mass is 904 g/mol. The average Bonchev–Trinajstić information content (AvgIpc) is 3.73. The number of aromatic nitrogens is 6. The largest absolute Gasteiger partial charge is 0.444 e. The second kappa shape index (κ2) is 18.9. The van der Waals surface area contributed by atoms with E-state index in [9.17, 15) is 32.8 Å². The van der Waals surface area contributed by atoms with Crippen molar-refractivity contribution in [3.05, 3.63) is 112 Å². The number of anilines is 1. The maximum Gasteiger partial charge on any atom is 0.329 e. The van der Waals surface area contributed by atoms with Crippen molar-refractivity contribution >= 4 is 40.3 Å². The van der Waals surface area contributed by atoms with Crippen LogP contribution in [0.15, 0.2) is 82.5 Å². The van der Waals surface area contributed by atoms with Gasteiger partial charge < -0.3 is 19.4 Å². The van der Waals surface area contributed by atoms with Crippen LogP contribution in [0.4, 0.5) is 14.5 Å². The minimum Gasteiger partial charge on any atom is -0.444 e. The molecule has 0 spiro atoms. The van der Waals surface area contributed by atoms with E-state index in [1.54, 1.807) is 55.5 Å². The minimum absolute atomic E-state index is 0.0870. The lowest BCUT2D eigenvalue weighted by Gasteiger charge is -2.34. The molecule has 66 heavy (non-hydrogen) atoms. The number of nitrogens with one attached hydrogen (secondary N) is 2. The van der Waals surface area contributed by atoms with Crippen molar-refractivity contribution in [3.8, 4) is 17.1 Å². The van der Waals surface area contributed by atoms with Gasteiger partial charge in [-0.25, -0.2) is 23.2 Å². The Hall–Kier alpha value is -6.86. The van der Waals surface area contributed by atoms with Crippen molar-refractivity contribution in [2.75, 3.05) is 45.2 Å². The molecule has 3 aliphatic rings. The van der Waals surface area contributed by atoms with Crippen LogP contribution in [0.2, 0.25) is 0 Å². The third-order valence-electron chi connectivity index (χ3n) is 12.5. The van der Waals surface area contributed by atoms with Crippen molar-refractivity contribution in [2.45, 2.75) is 69.9 Å². The van der Waals surface area contributed by atoms with Gasteiger partial charge in [0.05, 0.1) is 41.3 Å². The molecule has 344 valence electrons. The van der Waals surface area contributed by atoms with Gasteiger partial charge in [-0.05, 0) is 98.7 Å². The lowest BCUT2D eigenvalue weighted by Crippen LogP contribution is -2.48. The molecule has 2 saturated heterocycles. The predicted octanol–water partition coefficient (Wildman–Crippen LogP) is 5.49. The van der Waals surface area contributed by atoms with E-state index in [-0.39, 0.29) is 53.7 Å². The van der Waals surface area contributed by atoms with Gasteiger partial charge in [0.1, 0.15) is 12.3 Å². The molecule has 1 aliphatic carbocycles.